The van der Waals surface area contributed by atoms with Gasteiger partial charge in [0.2, 0.25) is 0 Å². The van der Waals surface area contributed by atoms with Gasteiger partial charge in [-0.25, -0.2) is 4.98 Å². The Morgan fingerprint density at radius 2 is 2.24 bits per heavy atom. The number of imidazole rings is 1. The van der Waals surface area contributed by atoms with Crippen molar-refractivity contribution in [1.29, 1.82) is 0 Å². The third-order valence-electron chi connectivity index (χ3n) is 2.55. The van der Waals surface area contributed by atoms with E-state index >= 15 is 0 Å². The molecular formula is C13H15ClN2O. The summed E-state index contributed by atoms with van der Waals surface area (Å²) in [6.07, 6.45) is 2.01. The Hall–Kier alpha value is -1.48. The maximum atomic E-state index is 5.88. The smallest absolute Gasteiger partial charge is 0.132 e. The third-order valence-corrected chi connectivity index (χ3v) is 2.78. The van der Waals surface area contributed by atoms with Crippen LogP contribution < -0.4 is 4.74 Å². The number of aromatic nitrogens is 2. The Kier molecular flexibility index (Phi) is 3.69. The maximum absolute atomic E-state index is 5.88. The van der Waals surface area contributed by atoms with E-state index < -0.39 is 0 Å². The van der Waals surface area contributed by atoms with Crippen molar-refractivity contribution in [1.82, 2.24) is 9.55 Å². The van der Waals surface area contributed by atoms with Gasteiger partial charge in [-0.05, 0) is 32.0 Å². The van der Waals surface area contributed by atoms with Crippen LogP contribution in [-0.4, -0.2) is 9.55 Å². The molecule has 1 heterocycles. The molecule has 0 aliphatic carbocycles. The zero-order valence-corrected chi connectivity index (χ0v) is 10.7. The summed E-state index contributed by atoms with van der Waals surface area (Å²) in [4.78, 5) is 4.42. The molecule has 0 atom stereocenters. The van der Waals surface area contributed by atoms with Crippen LogP contribution in [-0.2, 0) is 13.2 Å². The maximum Gasteiger partial charge on any atom is 0.132 e. The van der Waals surface area contributed by atoms with Crippen LogP contribution in [0, 0.1) is 6.92 Å². The molecule has 0 saturated heterocycles. The van der Waals surface area contributed by atoms with Gasteiger partial charge in [0.15, 0.2) is 0 Å². The molecular weight excluding hydrogens is 236 g/mol. The van der Waals surface area contributed by atoms with Crippen molar-refractivity contribution in [3.63, 3.8) is 0 Å². The Balaban J connectivity index is 2.02. The Bertz CT molecular complexity index is 508. The summed E-state index contributed by atoms with van der Waals surface area (Å²) in [5.41, 5.74) is 0.935. The largest absolute Gasteiger partial charge is 0.487 e. The average Bonchev–Trinajstić information content (AvgIpc) is 2.67. The molecule has 4 heteroatoms. The molecule has 0 aliphatic heterocycles. The highest BCUT2D eigenvalue weighted by molar-refractivity contribution is 6.30. The first kappa shape index (κ1) is 12.0. The lowest BCUT2D eigenvalue weighted by molar-refractivity contribution is 0.301. The lowest BCUT2D eigenvalue weighted by Crippen LogP contribution is -1.95. The first-order chi connectivity index (χ1) is 8.19. The summed E-state index contributed by atoms with van der Waals surface area (Å²) < 4.78 is 7.72. The molecule has 1 aromatic heterocycles. The molecule has 3 nitrogen and oxygen atoms in total. The van der Waals surface area contributed by atoms with Gasteiger partial charge >= 0.3 is 0 Å². The molecule has 2 aromatic rings. The van der Waals surface area contributed by atoms with Gasteiger partial charge in [-0.15, -0.1) is 0 Å². The Labute approximate surface area is 106 Å². The second-order valence-electron chi connectivity index (χ2n) is 3.81. The minimum absolute atomic E-state index is 0.466. The van der Waals surface area contributed by atoms with E-state index in [2.05, 4.69) is 16.5 Å². The number of nitrogens with zero attached hydrogens (tertiary/aromatic N) is 2. The van der Waals surface area contributed by atoms with Crippen molar-refractivity contribution in [3.05, 3.63) is 47.0 Å². The third kappa shape index (κ3) is 3.01. The number of ether oxygens (including phenoxy) is 1. The molecule has 0 unspecified atom stereocenters. The van der Waals surface area contributed by atoms with E-state index in [9.17, 15) is 0 Å². The summed E-state index contributed by atoms with van der Waals surface area (Å²) in [5, 5.41) is 0.678. The van der Waals surface area contributed by atoms with Gasteiger partial charge in [0.05, 0.1) is 5.69 Å². The van der Waals surface area contributed by atoms with Crippen LogP contribution in [0.5, 0.6) is 5.75 Å². The first-order valence-electron chi connectivity index (χ1n) is 5.60. The molecule has 0 spiro atoms. The van der Waals surface area contributed by atoms with Crippen molar-refractivity contribution < 1.29 is 4.74 Å². The van der Waals surface area contributed by atoms with Crippen molar-refractivity contribution in [2.75, 3.05) is 0 Å². The Morgan fingerprint density at radius 3 is 2.88 bits per heavy atom. The van der Waals surface area contributed by atoms with Crippen molar-refractivity contribution in [3.8, 4) is 5.75 Å². The van der Waals surface area contributed by atoms with Crippen LogP contribution in [0.1, 0.15) is 18.4 Å². The molecule has 0 N–H and O–H groups in total. The van der Waals surface area contributed by atoms with Crippen LogP contribution in [0.2, 0.25) is 5.02 Å². The SMILES string of the molecule is CCn1cc(COc2cccc(Cl)c2)nc1C. The van der Waals surface area contributed by atoms with Gasteiger partial charge in [-0.1, -0.05) is 17.7 Å². The predicted molar refractivity (Wildman–Crippen MR) is 68.4 cm³/mol. The molecule has 0 fully saturated rings. The van der Waals surface area contributed by atoms with Gasteiger partial charge < -0.3 is 9.30 Å². The highest BCUT2D eigenvalue weighted by Gasteiger charge is 2.03. The molecule has 17 heavy (non-hydrogen) atoms. The van der Waals surface area contributed by atoms with Crippen molar-refractivity contribution in [2.45, 2.75) is 27.0 Å². The van der Waals surface area contributed by atoms with Crippen LogP contribution >= 0.6 is 11.6 Å². The summed E-state index contributed by atoms with van der Waals surface area (Å²) in [5.74, 6) is 1.78. The number of hydrogen-bond donors (Lipinski definition) is 0. The molecule has 1 aromatic carbocycles. The van der Waals surface area contributed by atoms with Gasteiger partial charge in [0.25, 0.3) is 0 Å². The first-order valence-corrected chi connectivity index (χ1v) is 5.98. The zero-order chi connectivity index (χ0) is 12.3. The molecule has 0 radical (unpaired) electrons. The van der Waals surface area contributed by atoms with Crippen molar-refractivity contribution in [2.24, 2.45) is 0 Å². The average molecular weight is 251 g/mol. The number of benzene rings is 1. The fourth-order valence-electron chi connectivity index (χ4n) is 1.68. The number of aryl methyl sites for hydroxylation is 2. The fourth-order valence-corrected chi connectivity index (χ4v) is 1.86. The normalized spacial score (nSPS) is 10.5. The van der Waals surface area contributed by atoms with E-state index in [0.717, 1.165) is 23.8 Å². The molecule has 0 aliphatic rings. The number of rotatable bonds is 4. The van der Waals surface area contributed by atoms with E-state index in [1.165, 1.54) is 0 Å². The Morgan fingerprint density at radius 1 is 1.41 bits per heavy atom. The minimum atomic E-state index is 0.466. The molecule has 0 amide bonds. The van der Waals surface area contributed by atoms with E-state index in [4.69, 9.17) is 16.3 Å². The highest BCUT2D eigenvalue weighted by atomic mass is 35.5. The predicted octanol–water partition coefficient (Wildman–Crippen LogP) is 3.44. The fraction of sp³-hybridized carbons (Fsp3) is 0.308. The quantitative estimate of drug-likeness (QED) is 0.831. The molecule has 0 saturated carbocycles. The van der Waals surface area contributed by atoms with Crippen LogP contribution in [0.15, 0.2) is 30.5 Å². The zero-order valence-electron chi connectivity index (χ0n) is 9.98. The summed E-state index contributed by atoms with van der Waals surface area (Å²) in [6, 6.07) is 7.37. The topological polar surface area (TPSA) is 27.1 Å². The molecule has 90 valence electrons. The van der Waals surface area contributed by atoms with Gasteiger partial charge in [0, 0.05) is 17.8 Å². The highest BCUT2D eigenvalue weighted by Crippen LogP contribution is 2.18. The standard InChI is InChI=1S/C13H15ClN2O/c1-3-16-8-12(15-10(16)2)9-17-13-6-4-5-11(14)7-13/h4-8H,3,9H2,1-2H3. The second kappa shape index (κ2) is 5.23. The van der Waals surface area contributed by atoms with E-state index in [1.54, 1.807) is 6.07 Å². The second-order valence-corrected chi connectivity index (χ2v) is 4.25. The number of hydrogen-bond acceptors (Lipinski definition) is 2. The van der Waals surface area contributed by atoms with Crippen LogP contribution in [0.25, 0.3) is 0 Å². The summed E-state index contributed by atoms with van der Waals surface area (Å²) in [6.45, 7) is 5.48. The van der Waals surface area contributed by atoms with E-state index in [-0.39, 0.29) is 0 Å². The molecule has 0 bridgehead atoms. The van der Waals surface area contributed by atoms with Crippen LogP contribution in [0.4, 0.5) is 0 Å². The summed E-state index contributed by atoms with van der Waals surface area (Å²) >= 11 is 5.88. The van der Waals surface area contributed by atoms with Gasteiger partial charge in [-0.3, -0.25) is 0 Å². The lowest BCUT2D eigenvalue weighted by atomic mass is 10.3. The van der Waals surface area contributed by atoms with E-state index in [1.807, 2.05) is 31.3 Å². The number of halogens is 1. The summed E-state index contributed by atoms with van der Waals surface area (Å²) in [7, 11) is 0. The van der Waals surface area contributed by atoms with Gasteiger partial charge in [0.1, 0.15) is 18.2 Å². The molecule has 2 rings (SSSR count). The monoisotopic (exact) mass is 250 g/mol. The van der Waals surface area contributed by atoms with Crippen molar-refractivity contribution >= 4 is 11.6 Å². The van der Waals surface area contributed by atoms with Gasteiger partial charge in [-0.2, -0.15) is 0 Å². The van der Waals surface area contributed by atoms with Crippen LogP contribution in [0.3, 0.4) is 0 Å². The van der Waals surface area contributed by atoms with E-state index in [0.29, 0.717) is 11.6 Å². The lowest BCUT2D eigenvalue weighted by Gasteiger charge is -2.03. The minimum Gasteiger partial charge on any atom is -0.487 e.